The summed E-state index contributed by atoms with van der Waals surface area (Å²) in [5.41, 5.74) is 9.85. The summed E-state index contributed by atoms with van der Waals surface area (Å²) in [6.45, 7) is 3.08. The number of aryl methyl sites for hydroxylation is 1. The van der Waals surface area contributed by atoms with Gasteiger partial charge in [0.05, 0.1) is 16.6 Å². The minimum atomic E-state index is -0.454. The van der Waals surface area contributed by atoms with Crippen LogP contribution >= 0.6 is 0 Å². The number of carbonyl (C=O) groups excluding carboxylic acids is 1. The van der Waals surface area contributed by atoms with Crippen LogP contribution in [-0.2, 0) is 18.4 Å². The number of carbonyl (C=O) groups is 1. The third kappa shape index (κ3) is 2.81. The number of imidazole rings is 1. The minimum absolute atomic E-state index is 0.329. The number of H-pyrrole nitrogens is 1. The van der Waals surface area contributed by atoms with E-state index >= 15 is 0 Å². The Morgan fingerprint density at radius 3 is 2.76 bits per heavy atom. The van der Waals surface area contributed by atoms with Gasteiger partial charge in [0.15, 0.2) is 0 Å². The fourth-order valence-electron chi connectivity index (χ4n) is 3.72. The average Bonchev–Trinajstić information content (AvgIpc) is 3.03. The summed E-state index contributed by atoms with van der Waals surface area (Å²) < 4.78 is 0. The number of primary amides is 1. The Labute approximate surface area is 146 Å². The lowest BCUT2D eigenvalue weighted by molar-refractivity contribution is 0.100. The Kier molecular flexibility index (Phi) is 3.81. The Morgan fingerprint density at radius 1 is 1.16 bits per heavy atom. The molecule has 2 heterocycles. The highest BCUT2D eigenvalue weighted by atomic mass is 16.1. The Morgan fingerprint density at radius 2 is 1.96 bits per heavy atom. The summed E-state index contributed by atoms with van der Waals surface area (Å²) in [5, 5.41) is 3.65. The summed E-state index contributed by atoms with van der Waals surface area (Å²) in [6, 6.07) is 14.1. The molecule has 3 aromatic rings. The fourth-order valence-corrected chi connectivity index (χ4v) is 3.72. The predicted octanol–water partition coefficient (Wildman–Crippen LogP) is 2.66. The maximum atomic E-state index is 11.7. The first-order valence-electron chi connectivity index (χ1n) is 8.68. The molecule has 1 unspecified atom stereocenters. The van der Waals surface area contributed by atoms with Crippen molar-refractivity contribution in [2.45, 2.75) is 31.7 Å². The molecule has 25 heavy (non-hydrogen) atoms. The molecule has 5 nitrogen and oxygen atoms in total. The maximum Gasteiger partial charge on any atom is 0.250 e. The number of hydrogen-bond acceptors (Lipinski definition) is 3. The molecule has 1 aliphatic rings. The van der Waals surface area contributed by atoms with Gasteiger partial charge >= 0.3 is 0 Å². The van der Waals surface area contributed by atoms with Crippen LogP contribution in [0.1, 0.15) is 40.7 Å². The molecule has 1 amide bonds. The van der Waals surface area contributed by atoms with Gasteiger partial charge in [0.2, 0.25) is 0 Å². The van der Waals surface area contributed by atoms with Crippen molar-refractivity contribution in [2.75, 3.05) is 6.54 Å². The molecule has 0 saturated heterocycles. The molecule has 1 aromatic heterocycles. The second kappa shape index (κ2) is 6.01. The van der Waals surface area contributed by atoms with E-state index in [2.05, 4.69) is 41.5 Å². The molecular formula is C20H22N4O. The maximum absolute atomic E-state index is 11.7. The van der Waals surface area contributed by atoms with Gasteiger partial charge in [-0.25, -0.2) is 4.98 Å². The van der Waals surface area contributed by atoms with Crippen molar-refractivity contribution in [3.8, 4) is 0 Å². The van der Waals surface area contributed by atoms with E-state index in [1.165, 1.54) is 11.1 Å². The van der Waals surface area contributed by atoms with Crippen molar-refractivity contribution in [3.05, 3.63) is 65.0 Å². The van der Waals surface area contributed by atoms with Crippen LogP contribution in [-0.4, -0.2) is 22.4 Å². The highest BCUT2D eigenvalue weighted by Gasteiger charge is 2.32. The lowest BCUT2D eigenvalue weighted by Gasteiger charge is -2.32. The van der Waals surface area contributed by atoms with Crippen LogP contribution in [0.25, 0.3) is 11.0 Å². The topological polar surface area (TPSA) is 83.8 Å². The highest BCUT2D eigenvalue weighted by molar-refractivity contribution is 6.04. The predicted molar refractivity (Wildman–Crippen MR) is 98.4 cm³/mol. The SMILES string of the molecule is CC1(c2nc3c(C(N)=O)cccc3[nH]2)Cc2ccccc2CCCN1. The summed E-state index contributed by atoms with van der Waals surface area (Å²) in [5.74, 6) is 0.387. The van der Waals surface area contributed by atoms with Crippen molar-refractivity contribution in [1.29, 1.82) is 0 Å². The lowest BCUT2D eigenvalue weighted by atomic mass is 9.86. The number of fused-ring (bicyclic) bond motifs is 2. The number of nitrogens with zero attached hydrogens (tertiary/aromatic N) is 1. The van der Waals surface area contributed by atoms with E-state index in [0.717, 1.165) is 37.1 Å². The van der Waals surface area contributed by atoms with Gasteiger partial charge < -0.3 is 16.0 Å². The van der Waals surface area contributed by atoms with Gasteiger partial charge in [0.25, 0.3) is 5.91 Å². The zero-order valence-electron chi connectivity index (χ0n) is 14.3. The molecule has 2 aromatic carbocycles. The number of rotatable bonds is 2. The Balaban J connectivity index is 1.81. The molecule has 1 aliphatic heterocycles. The van der Waals surface area contributed by atoms with E-state index < -0.39 is 5.91 Å². The quantitative estimate of drug-likeness (QED) is 0.674. The fraction of sp³-hybridized carbons (Fsp3) is 0.300. The first kappa shape index (κ1) is 15.8. The van der Waals surface area contributed by atoms with E-state index in [9.17, 15) is 4.79 Å². The normalized spacial score (nSPS) is 20.7. The number of para-hydroxylation sites is 1. The average molecular weight is 334 g/mol. The second-order valence-electron chi connectivity index (χ2n) is 6.96. The highest BCUT2D eigenvalue weighted by Crippen LogP contribution is 2.29. The third-order valence-corrected chi connectivity index (χ3v) is 5.10. The van der Waals surface area contributed by atoms with Gasteiger partial charge in [0, 0.05) is 0 Å². The van der Waals surface area contributed by atoms with Gasteiger partial charge in [-0.1, -0.05) is 30.3 Å². The molecule has 1 atom stereocenters. The van der Waals surface area contributed by atoms with Crippen LogP contribution in [0.3, 0.4) is 0 Å². The lowest BCUT2D eigenvalue weighted by Crippen LogP contribution is -2.44. The van der Waals surface area contributed by atoms with Gasteiger partial charge in [-0.15, -0.1) is 0 Å². The van der Waals surface area contributed by atoms with Crippen molar-refractivity contribution >= 4 is 16.9 Å². The molecule has 4 N–H and O–H groups in total. The number of nitrogens with two attached hydrogens (primary N) is 1. The molecule has 0 bridgehead atoms. The smallest absolute Gasteiger partial charge is 0.250 e. The molecule has 4 rings (SSSR count). The van der Waals surface area contributed by atoms with Crippen molar-refractivity contribution in [3.63, 3.8) is 0 Å². The summed E-state index contributed by atoms with van der Waals surface area (Å²) in [6.07, 6.45) is 3.01. The molecular weight excluding hydrogens is 312 g/mol. The third-order valence-electron chi connectivity index (χ3n) is 5.10. The van der Waals surface area contributed by atoms with E-state index in [-0.39, 0.29) is 5.54 Å². The zero-order valence-corrected chi connectivity index (χ0v) is 14.3. The van der Waals surface area contributed by atoms with Crippen LogP contribution in [0.4, 0.5) is 0 Å². The summed E-state index contributed by atoms with van der Waals surface area (Å²) >= 11 is 0. The van der Waals surface area contributed by atoms with Crippen LogP contribution in [0, 0.1) is 0 Å². The van der Waals surface area contributed by atoms with Crippen LogP contribution < -0.4 is 11.1 Å². The minimum Gasteiger partial charge on any atom is -0.366 e. The van der Waals surface area contributed by atoms with E-state index in [1.54, 1.807) is 6.07 Å². The Hall–Kier alpha value is -2.66. The molecule has 0 aliphatic carbocycles. The summed E-state index contributed by atoms with van der Waals surface area (Å²) in [4.78, 5) is 19.9. The van der Waals surface area contributed by atoms with Gasteiger partial charge in [0.1, 0.15) is 11.3 Å². The van der Waals surface area contributed by atoms with Gasteiger partial charge in [-0.3, -0.25) is 4.79 Å². The van der Waals surface area contributed by atoms with Crippen LogP contribution in [0.2, 0.25) is 0 Å². The number of aromatic amines is 1. The largest absolute Gasteiger partial charge is 0.366 e. The van der Waals surface area contributed by atoms with Crippen molar-refractivity contribution in [2.24, 2.45) is 5.73 Å². The zero-order chi connectivity index (χ0) is 17.4. The number of nitrogens with one attached hydrogen (secondary N) is 2. The van der Waals surface area contributed by atoms with E-state index in [0.29, 0.717) is 11.1 Å². The molecule has 5 heteroatoms. The molecule has 0 spiro atoms. The monoisotopic (exact) mass is 334 g/mol. The molecule has 128 valence electrons. The first-order valence-corrected chi connectivity index (χ1v) is 8.68. The molecule has 0 radical (unpaired) electrons. The molecule has 0 fully saturated rings. The number of aromatic nitrogens is 2. The van der Waals surface area contributed by atoms with E-state index in [4.69, 9.17) is 10.7 Å². The van der Waals surface area contributed by atoms with Crippen LogP contribution in [0.5, 0.6) is 0 Å². The molecule has 0 saturated carbocycles. The van der Waals surface area contributed by atoms with Crippen LogP contribution in [0.15, 0.2) is 42.5 Å². The van der Waals surface area contributed by atoms with Gasteiger partial charge in [-0.2, -0.15) is 0 Å². The number of benzene rings is 2. The van der Waals surface area contributed by atoms with Gasteiger partial charge in [-0.05, 0) is 56.0 Å². The Bertz CT molecular complexity index is 946. The number of amides is 1. The van der Waals surface area contributed by atoms with Crippen molar-refractivity contribution in [1.82, 2.24) is 15.3 Å². The standard InChI is InChI=1S/C20H22N4O/c1-20(12-14-7-3-2-6-13(14)8-5-11-22-20)19-23-16-10-4-9-15(18(21)25)17(16)24-19/h2-4,6-7,9-10,22H,5,8,11-12H2,1H3,(H2,21,25)(H,23,24). The summed E-state index contributed by atoms with van der Waals surface area (Å²) in [7, 11) is 0. The number of hydrogen-bond donors (Lipinski definition) is 3. The van der Waals surface area contributed by atoms with E-state index in [1.807, 2.05) is 12.1 Å². The first-order chi connectivity index (χ1) is 12.1. The van der Waals surface area contributed by atoms with Crippen molar-refractivity contribution < 1.29 is 4.79 Å². The second-order valence-corrected chi connectivity index (χ2v) is 6.96.